The number of hydrogen-bond acceptors (Lipinski definition) is 3. The van der Waals surface area contributed by atoms with E-state index in [0.29, 0.717) is 22.0 Å². The molecule has 2 atom stereocenters. The molecule has 24 heavy (non-hydrogen) atoms. The fourth-order valence-corrected chi connectivity index (χ4v) is 4.53. The molecule has 2 aliphatic rings. The van der Waals surface area contributed by atoms with Crippen LogP contribution in [-0.4, -0.2) is 48.3 Å². The second-order valence-electron chi connectivity index (χ2n) is 6.66. The Morgan fingerprint density at radius 1 is 1.21 bits per heavy atom. The molecule has 0 bridgehead atoms. The van der Waals surface area contributed by atoms with Crippen molar-refractivity contribution in [3.63, 3.8) is 0 Å². The molecule has 0 spiro atoms. The molecule has 0 amide bonds. The Morgan fingerprint density at radius 2 is 1.92 bits per heavy atom. The van der Waals surface area contributed by atoms with Crippen LogP contribution in [0.5, 0.6) is 0 Å². The zero-order valence-corrected chi connectivity index (χ0v) is 15.2. The zero-order chi connectivity index (χ0) is 17.1. The highest BCUT2D eigenvalue weighted by Crippen LogP contribution is 2.42. The van der Waals surface area contributed by atoms with Crippen molar-refractivity contribution in [2.75, 3.05) is 26.3 Å². The van der Waals surface area contributed by atoms with Gasteiger partial charge < -0.3 is 9.84 Å². The highest BCUT2D eigenvalue weighted by Gasteiger charge is 2.33. The quantitative estimate of drug-likeness (QED) is 0.869. The fourth-order valence-electron chi connectivity index (χ4n) is 4.04. The number of ether oxygens (including phenoxy) is 1. The van der Waals surface area contributed by atoms with Crippen LogP contribution in [0.1, 0.15) is 42.7 Å². The van der Waals surface area contributed by atoms with Crippen LogP contribution in [0.2, 0.25) is 10.0 Å². The number of carbonyl (C=O) groups is 1. The van der Waals surface area contributed by atoms with Crippen LogP contribution < -0.4 is 0 Å². The first kappa shape index (κ1) is 18.0. The monoisotopic (exact) mass is 371 g/mol. The molecule has 1 saturated carbocycles. The van der Waals surface area contributed by atoms with Gasteiger partial charge in [0.1, 0.15) is 0 Å². The Bertz CT molecular complexity index is 602. The van der Waals surface area contributed by atoms with Gasteiger partial charge in [-0.05, 0) is 30.0 Å². The molecule has 132 valence electrons. The summed E-state index contributed by atoms with van der Waals surface area (Å²) in [5.41, 5.74) is 1.73. The highest BCUT2D eigenvalue weighted by molar-refractivity contribution is 6.42. The van der Waals surface area contributed by atoms with E-state index >= 15 is 0 Å². The van der Waals surface area contributed by atoms with Gasteiger partial charge in [-0.1, -0.05) is 42.1 Å². The van der Waals surface area contributed by atoms with Gasteiger partial charge in [-0.3, -0.25) is 9.69 Å². The predicted octanol–water partition coefficient (Wildman–Crippen LogP) is 3.98. The van der Waals surface area contributed by atoms with Crippen molar-refractivity contribution in [1.82, 2.24) is 4.90 Å². The fraction of sp³-hybridized carbons (Fsp3) is 0.611. The Labute approximate surface area is 152 Å². The molecule has 1 aliphatic heterocycles. The van der Waals surface area contributed by atoms with Crippen molar-refractivity contribution >= 4 is 29.2 Å². The zero-order valence-electron chi connectivity index (χ0n) is 13.6. The number of morpholine rings is 1. The van der Waals surface area contributed by atoms with Crippen LogP contribution in [0.25, 0.3) is 0 Å². The van der Waals surface area contributed by atoms with E-state index in [1.54, 1.807) is 6.07 Å². The lowest BCUT2D eigenvalue weighted by Gasteiger charge is -2.42. The van der Waals surface area contributed by atoms with Crippen molar-refractivity contribution in [2.45, 2.75) is 44.1 Å². The third-order valence-corrected chi connectivity index (χ3v) is 5.93. The van der Waals surface area contributed by atoms with Gasteiger partial charge in [-0.25, -0.2) is 0 Å². The molecule has 0 aromatic heterocycles. The first-order valence-electron chi connectivity index (χ1n) is 8.57. The Balaban J connectivity index is 1.91. The summed E-state index contributed by atoms with van der Waals surface area (Å²) in [4.78, 5) is 13.6. The molecule has 0 radical (unpaired) electrons. The van der Waals surface area contributed by atoms with Crippen molar-refractivity contribution in [1.29, 1.82) is 0 Å². The van der Waals surface area contributed by atoms with Crippen LogP contribution in [0.15, 0.2) is 12.1 Å². The minimum atomic E-state index is -0.854. The maximum Gasteiger partial charge on any atom is 0.307 e. The minimum Gasteiger partial charge on any atom is -0.481 e. The number of benzene rings is 1. The number of carboxylic acids is 1. The van der Waals surface area contributed by atoms with Crippen molar-refractivity contribution < 1.29 is 14.6 Å². The van der Waals surface area contributed by atoms with Crippen LogP contribution >= 0.6 is 23.2 Å². The lowest BCUT2D eigenvalue weighted by atomic mass is 9.78. The van der Waals surface area contributed by atoms with Crippen LogP contribution in [0, 0.1) is 0 Å². The van der Waals surface area contributed by atoms with Gasteiger partial charge >= 0.3 is 5.97 Å². The SMILES string of the molecule is O=C(O)Cc1cc(Cl)c(Cl)c(C2CCCCC2N2CCOCC2)c1. The summed E-state index contributed by atoms with van der Waals surface area (Å²) in [7, 11) is 0. The van der Waals surface area contributed by atoms with Gasteiger partial charge in [0, 0.05) is 25.0 Å². The van der Waals surface area contributed by atoms with E-state index in [2.05, 4.69) is 4.90 Å². The second-order valence-corrected chi connectivity index (χ2v) is 7.44. The maximum absolute atomic E-state index is 11.1. The van der Waals surface area contributed by atoms with E-state index in [1.165, 1.54) is 12.8 Å². The molecule has 1 aromatic rings. The number of nitrogens with zero attached hydrogens (tertiary/aromatic N) is 1. The average molecular weight is 372 g/mol. The normalized spacial score (nSPS) is 25.6. The van der Waals surface area contributed by atoms with Crippen molar-refractivity contribution in [3.05, 3.63) is 33.3 Å². The average Bonchev–Trinajstić information content (AvgIpc) is 2.58. The molecular weight excluding hydrogens is 349 g/mol. The number of halogens is 2. The summed E-state index contributed by atoms with van der Waals surface area (Å²) in [6.45, 7) is 3.44. The lowest BCUT2D eigenvalue weighted by Crippen LogP contribution is -2.47. The molecular formula is C18H23Cl2NO3. The van der Waals surface area contributed by atoms with Crippen molar-refractivity contribution in [3.8, 4) is 0 Å². The first-order valence-corrected chi connectivity index (χ1v) is 9.33. The number of aliphatic carboxylic acids is 1. The minimum absolute atomic E-state index is 0.0289. The number of carboxylic acid groups (broad SMARTS) is 1. The smallest absolute Gasteiger partial charge is 0.307 e. The van der Waals surface area contributed by atoms with Gasteiger partial charge in [0.25, 0.3) is 0 Å². The van der Waals surface area contributed by atoms with Crippen molar-refractivity contribution in [2.24, 2.45) is 0 Å². The van der Waals surface area contributed by atoms with Gasteiger partial charge in [0.2, 0.25) is 0 Å². The molecule has 6 heteroatoms. The van der Waals surface area contributed by atoms with Crippen LogP contribution in [0.3, 0.4) is 0 Å². The third kappa shape index (κ3) is 4.05. The Kier molecular flexibility index (Phi) is 6.03. The number of rotatable bonds is 4. The molecule has 2 fully saturated rings. The van der Waals surface area contributed by atoms with Gasteiger partial charge in [-0.2, -0.15) is 0 Å². The standard InChI is InChI=1S/C18H23Cl2NO3/c19-15-10-12(11-17(22)23)9-14(18(15)20)13-3-1-2-4-16(13)21-5-7-24-8-6-21/h9-10,13,16H,1-8,11H2,(H,22,23). The maximum atomic E-state index is 11.1. The molecule has 1 aromatic carbocycles. The number of hydrogen-bond donors (Lipinski definition) is 1. The summed E-state index contributed by atoms with van der Waals surface area (Å²) in [5, 5.41) is 10.1. The van der Waals surface area contributed by atoms with Crippen LogP contribution in [0.4, 0.5) is 0 Å². The first-order chi connectivity index (χ1) is 11.6. The van der Waals surface area contributed by atoms with Crippen LogP contribution in [-0.2, 0) is 16.0 Å². The van der Waals surface area contributed by atoms with E-state index in [0.717, 1.165) is 50.3 Å². The summed E-state index contributed by atoms with van der Waals surface area (Å²) < 4.78 is 5.48. The van der Waals surface area contributed by atoms with Gasteiger partial charge in [0.05, 0.1) is 29.7 Å². The summed E-state index contributed by atoms with van der Waals surface area (Å²) in [6.07, 6.45) is 4.57. The lowest BCUT2D eigenvalue weighted by molar-refractivity contribution is -0.136. The Morgan fingerprint density at radius 3 is 2.62 bits per heavy atom. The highest BCUT2D eigenvalue weighted by atomic mass is 35.5. The second kappa shape index (κ2) is 8.05. The molecule has 3 rings (SSSR count). The van der Waals surface area contributed by atoms with E-state index < -0.39 is 5.97 Å². The summed E-state index contributed by atoms with van der Waals surface area (Å²) in [6, 6.07) is 4.05. The van der Waals surface area contributed by atoms with Gasteiger partial charge in [-0.15, -0.1) is 0 Å². The molecule has 1 aliphatic carbocycles. The summed E-state index contributed by atoms with van der Waals surface area (Å²) in [5.74, 6) is -0.552. The van der Waals surface area contributed by atoms with E-state index in [1.807, 2.05) is 6.07 Å². The van der Waals surface area contributed by atoms with E-state index in [-0.39, 0.29) is 6.42 Å². The third-order valence-electron chi connectivity index (χ3n) is 5.12. The molecule has 2 unspecified atom stereocenters. The topological polar surface area (TPSA) is 49.8 Å². The predicted molar refractivity (Wildman–Crippen MR) is 95.2 cm³/mol. The summed E-state index contributed by atoms with van der Waals surface area (Å²) >= 11 is 12.8. The van der Waals surface area contributed by atoms with E-state index in [9.17, 15) is 4.79 Å². The molecule has 1 N–H and O–H groups in total. The van der Waals surface area contributed by atoms with Gasteiger partial charge in [0.15, 0.2) is 0 Å². The molecule has 1 heterocycles. The van der Waals surface area contributed by atoms with E-state index in [4.69, 9.17) is 33.0 Å². The largest absolute Gasteiger partial charge is 0.481 e. The molecule has 1 saturated heterocycles. The Hall–Kier alpha value is -0.810. The molecule has 4 nitrogen and oxygen atoms in total.